The van der Waals surface area contributed by atoms with Gasteiger partial charge in [0, 0.05) is 11.8 Å². The first-order valence-electron chi connectivity index (χ1n) is 6.44. The maximum Gasteiger partial charge on any atom is 0.282 e. The van der Waals surface area contributed by atoms with E-state index in [1.807, 2.05) is 19.1 Å². The van der Waals surface area contributed by atoms with Crippen LogP contribution in [0.4, 0.5) is 5.69 Å². The first kappa shape index (κ1) is 14.6. The maximum atomic E-state index is 12.2. The van der Waals surface area contributed by atoms with E-state index >= 15 is 0 Å². The Morgan fingerprint density at radius 1 is 1.24 bits per heavy atom. The van der Waals surface area contributed by atoms with Crippen molar-refractivity contribution in [3.05, 3.63) is 69.0 Å². The standard InChI is InChI=1S/C15H15N3O3/c1-10-5-3-8-13(18(20)21)14(10)15(19)16-9-12-7-4-6-11(2)17-12/h3-8H,9H2,1-2H3,(H,16,19). The van der Waals surface area contributed by atoms with Crippen LogP contribution in [0.3, 0.4) is 0 Å². The van der Waals surface area contributed by atoms with Gasteiger partial charge in [-0.3, -0.25) is 19.9 Å². The number of aromatic nitrogens is 1. The molecule has 0 atom stereocenters. The first-order chi connectivity index (χ1) is 9.99. The second-order valence-electron chi connectivity index (χ2n) is 4.68. The summed E-state index contributed by atoms with van der Waals surface area (Å²) in [6.07, 6.45) is 0. The van der Waals surface area contributed by atoms with Crippen molar-refractivity contribution in [3.8, 4) is 0 Å². The normalized spacial score (nSPS) is 10.2. The van der Waals surface area contributed by atoms with Gasteiger partial charge in [0.05, 0.1) is 17.2 Å². The summed E-state index contributed by atoms with van der Waals surface area (Å²) in [7, 11) is 0. The minimum Gasteiger partial charge on any atom is -0.346 e. The van der Waals surface area contributed by atoms with Crippen molar-refractivity contribution in [1.29, 1.82) is 0 Å². The van der Waals surface area contributed by atoms with Crippen molar-refractivity contribution in [2.45, 2.75) is 20.4 Å². The summed E-state index contributed by atoms with van der Waals surface area (Å²) in [6, 6.07) is 10.1. The summed E-state index contributed by atoms with van der Waals surface area (Å²) >= 11 is 0. The Kier molecular flexibility index (Phi) is 4.27. The molecule has 0 aliphatic carbocycles. The molecule has 0 bridgehead atoms. The quantitative estimate of drug-likeness (QED) is 0.691. The molecule has 0 unspecified atom stereocenters. The predicted octanol–water partition coefficient (Wildman–Crippen LogP) is 2.54. The molecular formula is C15H15N3O3. The van der Waals surface area contributed by atoms with Crippen molar-refractivity contribution in [3.63, 3.8) is 0 Å². The fourth-order valence-corrected chi connectivity index (χ4v) is 2.06. The van der Waals surface area contributed by atoms with Crippen LogP contribution < -0.4 is 5.32 Å². The summed E-state index contributed by atoms with van der Waals surface area (Å²) < 4.78 is 0. The lowest BCUT2D eigenvalue weighted by molar-refractivity contribution is -0.385. The summed E-state index contributed by atoms with van der Waals surface area (Å²) in [5, 5.41) is 13.7. The molecule has 21 heavy (non-hydrogen) atoms. The molecule has 0 aliphatic heterocycles. The molecule has 1 heterocycles. The van der Waals surface area contributed by atoms with Crippen molar-refractivity contribution in [2.75, 3.05) is 0 Å². The van der Waals surface area contributed by atoms with Gasteiger partial charge in [-0.05, 0) is 31.5 Å². The van der Waals surface area contributed by atoms with E-state index in [1.54, 1.807) is 25.1 Å². The highest BCUT2D eigenvalue weighted by molar-refractivity contribution is 5.99. The number of hydrogen-bond acceptors (Lipinski definition) is 4. The smallest absolute Gasteiger partial charge is 0.282 e. The van der Waals surface area contributed by atoms with Gasteiger partial charge in [0.2, 0.25) is 0 Å². The lowest BCUT2D eigenvalue weighted by Gasteiger charge is -2.08. The highest BCUT2D eigenvalue weighted by atomic mass is 16.6. The molecule has 6 nitrogen and oxygen atoms in total. The fourth-order valence-electron chi connectivity index (χ4n) is 2.06. The van der Waals surface area contributed by atoms with E-state index in [9.17, 15) is 14.9 Å². The number of rotatable bonds is 4. The monoisotopic (exact) mass is 285 g/mol. The van der Waals surface area contributed by atoms with Crippen LogP contribution in [0.25, 0.3) is 0 Å². The number of carbonyl (C=O) groups excluding carboxylic acids is 1. The number of nitrogens with zero attached hydrogens (tertiary/aromatic N) is 2. The average molecular weight is 285 g/mol. The van der Waals surface area contributed by atoms with Crippen LogP contribution in [0.5, 0.6) is 0 Å². The van der Waals surface area contributed by atoms with Gasteiger partial charge >= 0.3 is 0 Å². The van der Waals surface area contributed by atoms with Crippen LogP contribution in [0.2, 0.25) is 0 Å². The van der Waals surface area contributed by atoms with E-state index in [0.717, 1.165) is 5.69 Å². The molecule has 0 radical (unpaired) electrons. The number of nitro groups is 1. The summed E-state index contributed by atoms with van der Waals surface area (Å²) in [5.41, 5.74) is 2.03. The van der Waals surface area contributed by atoms with Crippen LogP contribution in [0, 0.1) is 24.0 Å². The molecule has 2 rings (SSSR count). The lowest BCUT2D eigenvalue weighted by Crippen LogP contribution is -2.25. The molecule has 1 aromatic carbocycles. The number of nitrogens with one attached hydrogen (secondary N) is 1. The molecule has 1 N–H and O–H groups in total. The molecule has 0 saturated heterocycles. The number of nitro benzene ring substituents is 1. The molecule has 6 heteroatoms. The molecule has 0 saturated carbocycles. The van der Waals surface area contributed by atoms with Crippen molar-refractivity contribution >= 4 is 11.6 Å². The second kappa shape index (κ2) is 6.13. The topological polar surface area (TPSA) is 85.1 Å². The van der Waals surface area contributed by atoms with Gasteiger partial charge in [-0.2, -0.15) is 0 Å². The molecule has 0 aliphatic rings. The van der Waals surface area contributed by atoms with Crippen molar-refractivity contribution < 1.29 is 9.72 Å². The molecule has 0 fully saturated rings. The zero-order valence-corrected chi connectivity index (χ0v) is 11.8. The predicted molar refractivity (Wildman–Crippen MR) is 78.0 cm³/mol. The molecule has 1 amide bonds. The fraction of sp³-hybridized carbons (Fsp3) is 0.200. The second-order valence-corrected chi connectivity index (χ2v) is 4.68. The SMILES string of the molecule is Cc1cccc(CNC(=O)c2c(C)cccc2[N+](=O)[O-])n1. The van der Waals surface area contributed by atoms with E-state index in [4.69, 9.17) is 0 Å². The Hall–Kier alpha value is -2.76. The zero-order chi connectivity index (χ0) is 15.4. The van der Waals surface area contributed by atoms with Crippen LogP contribution in [-0.4, -0.2) is 15.8 Å². The molecule has 108 valence electrons. The van der Waals surface area contributed by atoms with Crippen molar-refractivity contribution in [1.82, 2.24) is 10.3 Å². The van der Waals surface area contributed by atoms with Crippen LogP contribution in [0.15, 0.2) is 36.4 Å². The van der Waals surface area contributed by atoms with E-state index in [0.29, 0.717) is 11.3 Å². The third-order valence-electron chi connectivity index (χ3n) is 3.05. The third-order valence-corrected chi connectivity index (χ3v) is 3.05. The van der Waals surface area contributed by atoms with Gasteiger partial charge in [-0.1, -0.05) is 18.2 Å². The van der Waals surface area contributed by atoms with Gasteiger partial charge in [-0.25, -0.2) is 0 Å². The minimum atomic E-state index is -0.549. The van der Waals surface area contributed by atoms with Gasteiger partial charge in [0.25, 0.3) is 11.6 Å². The number of pyridine rings is 1. The number of hydrogen-bond donors (Lipinski definition) is 1. The first-order valence-corrected chi connectivity index (χ1v) is 6.44. The highest BCUT2D eigenvalue weighted by Gasteiger charge is 2.21. The highest BCUT2D eigenvalue weighted by Crippen LogP contribution is 2.21. The van der Waals surface area contributed by atoms with E-state index in [1.165, 1.54) is 6.07 Å². The number of aryl methyl sites for hydroxylation is 2. The lowest BCUT2D eigenvalue weighted by atomic mass is 10.1. The largest absolute Gasteiger partial charge is 0.346 e. The van der Waals surface area contributed by atoms with Crippen LogP contribution in [-0.2, 0) is 6.54 Å². The molecule has 2 aromatic rings. The molecule has 0 spiro atoms. The van der Waals surface area contributed by atoms with E-state index in [2.05, 4.69) is 10.3 Å². The summed E-state index contributed by atoms with van der Waals surface area (Å²) in [5.74, 6) is -0.469. The van der Waals surface area contributed by atoms with Gasteiger partial charge in [-0.15, -0.1) is 0 Å². The Morgan fingerprint density at radius 2 is 1.95 bits per heavy atom. The summed E-state index contributed by atoms with van der Waals surface area (Å²) in [6.45, 7) is 3.76. The Morgan fingerprint density at radius 3 is 2.62 bits per heavy atom. The number of carbonyl (C=O) groups is 1. The maximum absolute atomic E-state index is 12.2. The Labute approximate surface area is 122 Å². The Balaban J connectivity index is 2.19. The van der Waals surface area contributed by atoms with Gasteiger partial charge < -0.3 is 5.32 Å². The van der Waals surface area contributed by atoms with Gasteiger partial charge in [0.1, 0.15) is 5.56 Å². The zero-order valence-electron chi connectivity index (χ0n) is 11.8. The van der Waals surface area contributed by atoms with Crippen LogP contribution in [0.1, 0.15) is 27.3 Å². The Bertz CT molecular complexity index is 698. The number of amides is 1. The third kappa shape index (κ3) is 3.42. The van der Waals surface area contributed by atoms with E-state index in [-0.39, 0.29) is 17.8 Å². The molecular weight excluding hydrogens is 270 g/mol. The van der Waals surface area contributed by atoms with E-state index < -0.39 is 10.8 Å². The average Bonchev–Trinajstić information content (AvgIpc) is 2.44. The minimum absolute atomic E-state index is 0.0927. The number of benzene rings is 1. The molecule has 1 aromatic heterocycles. The van der Waals surface area contributed by atoms with Gasteiger partial charge in [0.15, 0.2) is 0 Å². The van der Waals surface area contributed by atoms with Crippen molar-refractivity contribution in [2.24, 2.45) is 0 Å². The van der Waals surface area contributed by atoms with Crippen LogP contribution >= 0.6 is 0 Å². The summed E-state index contributed by atoms with van der Waals surface area (Å²) in [4.78, 5) is 26.9.